The smallest absolute Gasteiger partial charge is 0.258 e. The molecule has 122 valence electrons. The average molecular weight is 320 g/mol. The highest BCUT2D eigenvalue weighted by Gasteiger charge is 2.30. The second-order valence-electron chi connectivity index (χ2n) is 6.49. The maximum atomic E-state index is 12.9. The molecule has 2 amide bonds. The van der Waals surface area contributed by atoms with Crippen LogP contribution in [0.3, 0.4) is 0 Å². The van der Waals surface area contributed by atoms with Crippen molar-refractivity contribution in [3.63, 3.8) is 0 Å². The lowest BCUT2D eigenvalue weighted by Gasteiger charge is -2.35. The van der Waals surface area contributed by atoms with E-state index in [1.165, 1.54) is 0 Å². The summed E-state index contributed by atoms with van der Waals surface area (Å²) in [6.45, 7) is 0.802. The molecular formula is C20H20N2O2. The Bertz CT molecular complexity index is 797. The lowest BCUT2D eigenvalue weighted by molar-refractivity contribution is -0.119. The zero-order valence-electron chi connectivity index (χ0n) is 13.8. The number of rotatable bonds is 2. The van der Waals surface area contributed by atoms with E-state index in [9.17, 15) is 9.59 Å². The summed E-state index contributed by atoms with van der Waals surface area (Å²) in [4.78, 5) is 28.6. The van der Waals surface area contributed by atoms with Gasteiger partial charge in [0.25, 0.3) is 5.91 Å². The zero-order chi connectivity index (χ0) is 16.7. The first kappa shape index (κ1) is 14.9. The third-order valence-corrected chi connectivity index (χ3v) is 4.97. The average Bonchev–Trinajstić information content (AvgIpc) is 2.64. The van der Waals surface area contributed by atoms with Crippen molar-refractivity contribution >= 4 is 23.2 Å². The van der Waals surface area contributed by atoms with E-state index in [0.717, 1.165) is 48.3 Å². The summed E-state index contributed by atoms with van der Waals surface area (Å²) in [5.74, 6) is 0.207. The van der Waals surface area contributed by atoms with E-state index in [1.807, 2.05) is 47.4 Å². The molecule has 4 nitrogen and oxygen atoms in total. The summed E-state index contributed by atoms with van der Waals surface area (Å²) in [6.07, 6.45) is 3.17. The van der Waals surface area contributed by atoms with E-state index >= 15 is 0 Å². The fourth-order valence-electron chi connectivity index (χ4n) is 3.74. The molecule has 0 aromatic heterocycles. The Labute approximate surface area is 141 Å². The van der Waals surface area contributed by atoms with Gasteiger partial charge in [-0.05, 0) is 54.7 Å². The molecule has 0 aliphatic carbocycles. The number of aryl methyl sites for hydroxylation is 2. The molecule has 0 atom stereocenters. The van der Waals surface area contributed by atoms with Gasteiger partial charge in [0.05, 0.1) is 5.69 Å². The molecule has 0 saturated carbocycles. The Kier molecular flexibility index (Phi) is 3.60. The standard InChI is InChI=1S/C20H20N2O2/c1-21(17-7-3-2-4-8-17)20(24)16-12-14-6-5-11-22-18(23)10-9-15(13-16)19(14)22/h2-4,7-8,12-13H,5-6,9-11H2,1H3. The first-order valence-electron chi connectivity index (χ1n) is 8.44. The van der Waals surface area contributed by atoms with Gasteiger partial charge in [-0.2, -0.15) is 0 Å². The molecule has 0 radical (unpaired) electrons. The molecule has 2 aromatic rings. The molecule has 2 heterocycles. The lowest BCUT2D eigenvalue weighted by atomic mass is 9.89. The molecule has 4 rings (SSSR count). The molecular weight excluding hydrogens is 300 g/mol. The number of hydrogen-bond acceptors (Lipinski definition) is 2. The highest BCUT2D eigenvalue weighted by atomic mass is 16.2. The van der Waals surface area contributed by atoms with Gasteiger partial charge in [-0.15, -0.1) is 0 Å². The Morgan fingerprint density at radius 2 is 1.75 bits per heavy atom. The molecule has 0 fully saturated rings. The van der Waals surface area contributed by atoms with Crippen LogP contribution in [0, 0.1) is 0 Å². The second-order valence-corrected chi connectivity index (χ2v) is 6.49. The van der Waals surface area contributed by atoms with Crippen LogP contribution in [0.1, 0.15) is 34.3 Å². The third-order valence-electron chi connectivity index (χ3n) is 4.97. The summed E-state index contributed by atoms with van der Waals surface area (Å²) >= 11 is 0. The first-order chi connectivity index (χ1) is 11.6. The number of para-hydroxylation sites is 1. The molecule has 0 bridgehead atoms. The minimum Gasteiger partial charge on any atom is -0.312 e. The summed E-state index contributed by atoms with van der Waals surface area (Å²) in [5, 5.41) is 0. The van der Waals surface area contributed by atoms with E-state index in [4.69, 9.17) is 0 Å². The molecule has 2 aliphatic heterocycles. The molecule has 24 heavy (non-hydrogen) atoms. The number of hydrogen-bond donors (Lipinski definition) is 0. The van der Waals surface area contributed by atoms with Crippen LogP contribution in [0.5, 0.6) is 0 Å². The van der Waals surface area contributed by atoms with Crippen LogP contribution >= 0.6 is 0 Å². The van der Waals surface area contributed by atoms with E-state index in [0.29, 0.717) is 12.0 Å². The number of anilines is 2. The van der Waals surface area contributed by atoms with Gasteiger partial charge in [-0.1, -0.05) is 18.2 Å². The molecule has 0 saturated heterocycles. The molecule has 2 aromatic carbocycles. The van der Waals surface area contributed by atoms with Gasteiger partial charge in [-0.3, -0.25) is 9.59 Å². The van der Waals surface area contributed by atoms with E-state index in [1.54, 1.807) is 11.9 Å². The fraction of sp³-hybridized carbons (Fsp3) is 0.300. The monoisotopic (exact) mass is 320 g/mol. The topological polar surface area (TPSA) is 40.6 Å². The summed E-state index contributed by atoms with van der Waals surface area (Å²) in [7, 11) is 1.80. The molecule has 0 spiro atoms. The maximum absolute atomic E-state index is 12.9. The van der Waals surface area contributed by atoms with Crippen molar-refractivity contribution < 1.29 is 9.59 Å². The fourth-order valence-corrected chi connectivity index (χ4v) is 3.74. The number of nitrogens with zero attached hydrogens (tertiary/aromatic N) is 2. The first-order valence-corrected chi connectivity index (χ1v) is 8.44. The third kappa shape index (κ3) is 2.39. The van der Waals surface area contributed by atoms with Crippen molar-refractivity contribution in [2.24, 2.45) is 0 Å². The predicted molar refractivity (Wildman–Crippen MR) is 94.6 cm³/mol. The maximum Gasteiger partial charge on any atom is 0.258 e. The van der Waals surface area contributed by atoms with Crippen LogP contribution < -0.4 is 9.80 Å². The van der Waals surface area contributed by atoms with Crippen molar-refractivity contribution in [2.75, 3.05) is 23.4 Å². The summed E-state index contributed by atoms with van der Waals surface area (Å²) < 4.78 is 0. The van der Waals surface area contributed by atoms with Crippen molar-refractivity contribution in [3.05, 3.63) is 59.2 Å². The van der Waals surface area contributed by atoms with E-state index in [-0.39, 0.29) is 11.8 Å². The Hall–Kier alpha value is -2.62. The van der Waals surface area contributed by atoms with Crippen molar-refractivity contribution in [1.82, 2.24) is 0 Å². The van der Waals surface area contributed by atoms with Gasteiger partial charge in [0.1, 0.15) is 0 Å². The van der Waals surface area contributed by atoms with Crippen LogP contribution in [0.15, 0.2) is 42.5 Å². The Balaban J connectivity index is 1.73. The predicted octanol–water partition coefficient (Wildman–Crippen LogP) is 3.19. The van der Waals surface area contributed by atoms with Crippen molar-refractivity contribution in [2.45, 2.75) is 25.7 Å². The lowest BCUT2D eigenvalue weighted by Crippen LogP contribution is -2.39. The van der Waals surface area contributed by atoms with E-state index < -0.39 is 0 Å². The Morgan fingerprint density at radius 1 is 1.04 bits per heavy atom. The molecule has 2 aliphatic rings. The van der Waals surface area contributed by atoms with Gasteiger partial charge >= 0.3 is 0 Å². The normalized spacial score (nSPS) is 15.9. The summed E-state index contributed by atoms with van der Waals surface area (Å²) in [5.41, 5.74) is 4.93. The van der Waals surface area contributed by atoms with E-state index in [2.05, 4.69) is 0 Å². The van der Waals surface area contributed by atoms with Crippen molar-refractivity contribution in [3.8, 4) is 0 Å². The minimum atomic E-state index is -0.00530. The number of carbonyl (C=O) groups is 2. The molecule has 0 N–H and O–H groups in total. The SMILES string of the molecule is CN(C(=O)c1cc2c3c(c1)CCC(=O)N3CCC2)c1ccccc1. The highest BCUT2D eigenvalue weighted by molar-refractivity contribution is 6.07. The van der Waals surface area contributed by atoms with Crippen LogP contribution in [0.25, 0.3) is 0 Å². The van der Waals surface area contributed by atoms with Crippen LogP contribution in [-0.2, 0) is 17.6 Å². The van der Waals surface area contributed by atoms with Gasteiger partial charge in [0.15, 0.2) is 0 Å². The van der Waals surface area contributed by atoms with Gasteiger partial charge in [-0.25, -0.2) is 0 Å². The molecule has 4 heteroatoms. The quantitative estimate of drug-likeness (QED) is 0.852. The Morgan fingerprint density at radius 3 is 2.50 bits per heavy atom. The second kappa shape index (κ2) is 5.78. The summed E-state index contributed by atoms with van der Waals surface area (Å²) in [6, 6.07) is 13.6. The number of benzene rings is 2. The van der Waals surface area contributed by atoms with Crippen LogP contribution in [-0.4, -0.2) is 25.4 Å². The number of carbonyl (C=O) groups excluding carboxylic acids is 2. The molecule has 0 unspecified atom stereocenters. The van der Waals surface area contributed by atoms with Crippen LogP contribution in [0.2, 0.25) is 0 Å². The van der Waals surface area contributed by atoms with Crippen LogP contribution in [0.4, 0.5) is 11.4 Å². The largest absolute Gasteiger partial charge is 0.312 e. The van der Waals surface area contributed by atoms with Gasteiger partial charge < -0.3 is 9.80 Å². The highest BCUT2D eigenvalue weighted by Crippen LogP contribution is 2.37. The minimum absolute atomic E-state index is 0.00530. The van der Waals surface area contributed by atoms with Gasteiger partial charge in [0, 0.05) is 31.3 Å². The number of amides is 2. The van der Waals surface area contributed by atoms with Crippen molar-refractivity contribution in [1.29, 1.82) is 0 Å². The zero-order valence-corrected chi connectivity index (χ0v) is 13.8. The van der Waals surface area contributed by atoms with Gasteiger partial charge in [0.2, 0.25) is 5.91 Å².